The van der Waals surface area contributed by atoms with E-state index in [1.165, 1.54) is 6.42 Å². The summed E-state index contributed by atoms with van der Waals surface area (Å²) in [5.74, 6) is 0.628. The monoisotopic (exact) mass is 137 g/mol. The lowest BCUT2D eigenvalue weighted by molar-refractivity contribution is 0.655. The standard InChI is InChI=1S/C8H13N2/c1-3-7(2)4-8-5-9-6-10-8/h4-7H,3H2,1-2H3,(H,9,10). The number of nitrogens with one attached hydrogen (secondary N) is 1. The Bertz CT molecular complexity index is 167. The molecule has 1 radical (unpaired) electrons. The topological polar surface area (TPSA) is 28.7 Å². The number of hydrogen-bond acceptors (Lipinski definition) is 1. The first kappa shape index (κ1) is 7.32. The molecular formula is C8H13N2. The second-order valence-corrected chi connectivity index (χ2v) is 2.55. The molecule has 0 saturated carbocycles. The Labute approximate surface area is 61.7 Å². The van der Waals surface area contributed by atoms with Crippen LogP contribution in [0.2, 0.25) is 0 Å². The van der Waals surface area contributed by atoms with E-state index in [4.69, 9.17) is 0 Å². The fraction of sp³-hybridized carbons (Fsp3) is 0.500. The van der Waals surface area contributed by atoms with Gasteiger partial charge in [0.1, 0.15) is 0 Å². The molecule has 0 fully saturated rings. The van der Waals surface area contributed by atoms with Gasteiger partial charge >= 0.3 is 0 Å². The van der Waals surface area contributed by atoms with Gasteiger partial charge in [0, 0.05) is 12.6 Å². The molecule has 1 aromatic rings. The van der Waals surface area contributed by atoms with E-state index in [0.29, 0.717) is 5.92 Å². The first-order valence-corrected chi connectivity index (χ1v) is 3.66. The zero-order valence-electron chi connectivity index (χ0n) is 6.46. The van der Waals surface area contributed by atoms with Crippen LogP contribution in [-0.4, -0.2) is 9.97 Å². The second-order valence-electron chi connectivity index (χ2n) is 2.55. The third-order valence-corrected chi connectivity index (χ3v) is 1.62. The zero-order chi connectivity index (χ0) is 7.40. The lowest BCUT2D eigenvalue weighted by Gasteiger charge is -2.02. The molecule has 1 heterocycles. The summed E-state index contributed by atoms with van der Waals surface area (Å²) in [4.78, 5) is 7.01. The third-order valence-electron chi connectivity index (χ3n) is 1.62. The SMILES string of the molecule is CCC(C)[CH]c1c[nH]cn1. The number of aromatic amines is 1. The molecule has 55 valence electrons. The molecule has 0 aliphatic carbocycles. The van der Waals surface area contributed by atoms with Crippen LogP contribution in [0.4, 0.5) is 0 Å². The Morgan fingerprint density at radius 2 is 2.60 bits per heavy atom. The summed E-state index contributed by atoms with van der Waals surface area (Å²) in [5, 5.41) is 0. The molecule has 0 spiro atoms. The van der Waals surface area contributed by atoms with Crippen molar-refractivity contribution < 1.29 is 0 Å². The average Bonchev–Trinajstić information content (AvgIpc) is 2.40. The molecule has 1 unspecified atom stereocenters. The largest absolute Gasteiger partial charge is 0.351 e. The lowest BCUT2D eigenvalue weighted by atomic mass is 10.0. The number of nitrogens with zero attached hydrogens (tertiary/aromatic N) is 1. The third kappa shape index (κ3) is 1.87. The molecule has 0 aliphatic heterocycles. The van der Waals surface area contributed by atoms with Crippen molar-refractivity contribution in [1.29, 1.82) is 0 Å². The summed E-state index contributed by atoms with van der Waals surface area (Å²) < 4.78 is 0. The Kier molecular flexibility index (Phi) is 2.49. The van der Waals surface area contributed by atoms with Crippen LogP contribution >= 0.6 is 0 Å². The molecule has 1 rings (SSSR count). The van der Waals surface area contributed by atoms with E-state index in [1.807, 2.05) is 6.20 Å². The van der Waals surface area contributed by atoms with Gasteiger partial charge in [0.15, 0.2) is 0 Å². The molecular weight excluding hydrogens is 124 g/mol. The summed E-state index contributed by atoms with van der Waals surface area (Å²) in [6.07, 6.45) is 6.95. The normalized spacial score (nSPS) is 13.4. The summed E-state index contributed by atoms with van der Waals surface area (Å²) >= 11 is 0. The van der Waals surface area contributed by atoms with Crippen molar-refractivity contribution in [2.24, 2.45) is 5.92 Å². The maximum absolute atomic E-state index is 4.09. The highest BCUT2D eigenvalue weighted by Gasteiger charge is 2.01. The lowest BCUT2D eigenvalue weighted by Crippen LogP contribution is -1.94. The van der Waals surface area contributed by atoms with Crippen molar-refractivity contribution >= 4 is 0 Å². The first-order valence-electron chi connectivity index (χ1n) is 3.66. The van der Waals surface area contributed by atoms with E-state index in [1.54, 1.807) is 6.33 Å². The van der Waals surface area contributed by atoms with Gasteiger partial charge in [0.2, 0.25) is 0 Å². The fourth-order valence-electron chi connectivity index (χ4n) is 0.772. The van der Waals surface area contributed by atoms with Gasteiger partial charge in [-0.25, -0.2) is 4.98 Å². The van der Waals surface area contributed by atoms with Gasteiger partial charge in [-0.1, -0.05) is 20.3 Å². The molecule has 0 aliphatic rings. The molecule has 0 aromatic carbocycles. The number of rotatable bonds is 3. The smallest absolute Gasteiger partial charge is 0.0923 e. The van der Waals surface area contributed by atoms with Crippen LogP contribution in [0.3, 0.4) is 0 Å². The number of imidazole rings is 1. The van der Waals surface area contributed by atoms with E-state index in [2.05, 4.69) is 30.2 Å². The van der Waals surface area contributed by atoms with Crippen molar-refractivity contribution in [2.45, 2.75) is 20.3 Å². The molecule has 2 heteroatoms. The van der Waals surface area contributed by atoms with Crippen molar-refractivity contribution in [3.05, 3.63) is 24.6 Å². The Hall–Kier alpha value is -0.790. The highest BCUT2D eigenvalue weighted by atomic mass is 14.9. The number of H-pyrrole nitrogens is 1. The van der Waals surface area contributed by atoms with Crippen LogP contribution in [0.5, 0.6) is 0 Å². The molecule has 1 N–H and O–H groups in total. The predicted molar refractivity (Wildman–Crippen MR) is 41.4 cm³/mol. The summed E-state index contributed by atoms with van der Waals surface area (Å²) in [5.41, 5.74) is 1.05. The maximum Gasteiger partial charge on any atom is 0.0923 e. The maximum atomic E-state index is 4.09. The minimum Gasteiger partial charge on any atom is -0.351 e. The van der Waals surface area contributed by atoms with Crippen molar-refractivity contribution in [2.75, 3.05) is 0 Å². The van der Waals surface area contributed by atoms with Gasteiger partial charge < -0.3 is 4.98 Å². The van der Waals surface area contributed by atoms with Crippen molar-refractivity contribution in [3.8, 4) is 0 Å². The van der Waals surface area contributed by atoms with Crippen LogP contribution in [0, 0.1) is 12.3 Å². The van der Waals surface area contributed by atoms with E-state index in [0.717, 1.165) is 5.69 Å². The van der Waals surface area contributed by atoms with Crippen LogP contribution in [0.1, 0.15) is 26.0 Å². The molecule has 0 amide bonds. The predicted octanol–water partition coefficient (Wildman–Crippen LogP) is 2.01. The Morgan fingerprint density at radius 3 is 3.10 bits per heavy atom. The summed E-state index contributed by atoms with van der Waals surface area (Å²) in [6.45, 7) is 4.36. The number of aromatic nitrogens is 2. The van der Waals surface area contributed by atoms with Gasteiger partial charge in [-0.3, -0.25) is 0 Å². The van der Waals surface area contributed by atoms with Crippen molar-refractivity contribution in [3.63, 3.8) is 0 Å². The van der Waals surface area contributed by atoms with Gasteiger partial charge in [0.05, 0.1) is 12.0 Å². The summed E-state index contributed by atoms with van der Waals surface area (Å²) in [7, 11) is 0. The van der Waals surface area contributed by atoms with Crippen LogP contribution < -0.4 is 0 Å². The Balaban J connectivity index is 2.40. The Morgan fingerprint density at radius 1 is 1.80 bits per heavy atom. The molecule has 1 atom stereocenters. The molecule has 0 saturated heterocycles. The number of hydrogen-bond donors (Lipinski definition) is 1. The fourth-order valence-corrected chi connectivity index (χ4v) is 0.772. The first-order chi connectivity index (χ1) is 4.83. The van der Waals surface area contributed by atoms with E-state index in [-0.39, 0.29) is 0 Å². The van der Waals surface area contributed by atoms with Gasteiger partial charge in [-0.05, 0) is 5.92 Å². The minimum absolute atomic E-state index is 0.628. The highest BCUT2D eigenvalue weighted by molar-refractivity contribution is 5.08. The van der Waals surface area contributed by atoms with Gasteiger partial charge in [-0.2, -0.15) is 0 Å². The summed E-state index contributed by atoms with van der Waals surface area (Å²) in [6, 6.07) is 0. The van der Waals surface area contributed by atoms with Crippen LogP contribution in [0.15, 0.2) is 12.5 Å². The van der Waals surface area contributed by atoms with Crippen molar-refractivity contribution in [1.82, 2.24) is 9.97 Å². The molecule has 0 bridgehead atoms. The van der Waals surface area contributed by atoms with E-state index >= 15 is 0 Å². The average molecular weight is 137 g/mol. The van der Waals surface area contributed by atoms with Crippen LogP contribution in [-0.2, 0) is 0 Å². The van der Waals surface area contributed by atoms with E-state index in [9.17, 15) is 0 Å². The molecule has 1 aromatic heterocycles. The van der Waals surface area contributed by atoms with Crippen LogP contribution in [0.25, 0.3) is 0 Å². The second kappa shape index (κ2) is 3.40. The van der Waals surface area contributed by atoms with Gasteiger partial charge in [0.25, 0.3) is 0 Å². The zero-order valence-corrected chi connectivity index (χ0v) is 6.46. The minimum atomic E-state index is 0.628. The van der Waals surface area contributed by atoms with Gasteiger partial charge in [-0.15, -0.1) is 0 Å². The van der Waals surface area contributed by atoms with E-state index < -0.39 is 0 Å². The molecule has 10 heavy (non-hydrogen) atoms. The highest BCUT2D eigenvalue weighted by Crippen LogP contribution is 2.10. The molecule has 2 nitrogen and oxygen atoms in total. The quantitative estimate of drug-likeness (QED) is 0.678.